The number of aromatic nitrogens is 2. The summed E-state index contributed by atoms with van der Waals surface area (Å²) in [7, 11) is 0. The third-order valence-electron chi connectivity index (χ3n) is 2.87. The van der Waals surface area contributed by atoms with Gasteiger partial charge in [-0.15, -0.1) is 0 Å². The first-order chi connectivity index (χ1) is 9.79. The van der Waals surface area contributed by atoms with Crippen LogP contribution >= 0.6 is 11.6 Å². The number of rotatable bonds is 2. The quantitative estimate of drug-likeness (QED) is 0.771. The summed E-state index contributed by atoms with van der Waals surface area (Å²) in [5, 5.41) is 9.29. The van der Waals surface area contributed by atoms with Gasteiger partial charge in [-0.3, -0.25) is 0 Å². The molecule has 0 saturated heterocycles. The summed E-state index contributed by atoms with van der Waals surface area (Å²) >= 11 is 6.04. The fourth-order valence-corrected chi connectivity index (χ4v) is 1.85. The fraction of sp³-hybridized carbons (Fsp3) is 0.312. The Morgan fingerprint density at radius 2 is 1.90 bits per heavy atom. The molecule has 1 aromatic carbocycles. The van der Waals surface area contributed by atoms with E-state index < -0.39 is 0 Å². The minimum atomic E-state index is -0.230. The van der Waals surface area contributed by atoms with Crippen LogP contribution in [0.4, 0.5) is 0 Å². The first kappa shape index (κ1) is 15.3. The van der Waals surface area contributed by atoms with Crippen LogP contribution in [0.2, 0.25) is 5.15 Å². The molecule has 4 nitrogen and oxygen atoms in total. The van der Waals surface area contributed by atoms with E-state index in [0.29, 0.717) is 28.2 Å². The molecule has 2 rings (SSSR count). The Morgan fingerprint density at radius 1 is 1.19 bits per heavy atom. The number of nitrogens with zero attached hydrogens (tertiary/aromatic N) is 3. The highest BCUT2D eigenvalue weighted by molar-refractivity contribution is 6.29. The second kappa shape index (κ2) is 5.71. The molecule has 0 amide bonds. The summed E-state index contributed by atoms with van der Waals surface area (Å²) in [6.45, 7) is 7.92. The molecule has 0 fully saturated rings. The van der Waals surface area contributed by atoms with Gasteiger partial charge in [-0.05, 0) is 24.6 Å². The monoisotopic (exact) mass is 301 g/mol. The number of ether oxygens (including phenoxy) is 1. The molecule has 0 aliphatic rings. The van der Waals surface area contributed by atoms with Crippen LogP contribution < -0.4 is 4.74 Å². The molecule has 1 aromatic heterocycles. The van der Waals surface area contributed by atoms with Crippen molar-refractivity contribution < 1.29 is 4.74 Å². The zero-order valence-corrected chi connectivity index (χ0v) is 13.2. The lowest BCUT2D eigenvalue weighted by Gasteiger charge is -2.17. The van der Waals surface area contributed by atoms with Gasteiger partial charge in [-0.1, -0.05) is 38.4 Å². The molecule has 0 radical (unpaired) electrons. The van der Waals surface area contributed by atoms with Gasteiger partial charge in [0.25, 0.3) is 0 Å². The van der Waals surface area contributed by atoms with E-state index in [0.717, 1.165) is 5.56 Å². The molecule has 108 valence electrons. The average molecular weight is 302 g/mol. The predicted octanol–water partition coefficient (Wildman–Crippen LogP) is 4.40. The van der Waals surface area contributed by atoms with Gasteiger partial charge in [0.05, 0.1) is 11.6 Å². The van der Waals surface area contributed by atoms with Gasteiger partial charge in [0.1, 0.15) is 16.7 Å². The van der Waals surface area contributed by atoms with Gasteiger partial charge in [0.2, 0.25) is 5.88 Å². The maximum absolute atomic E-state index is 8.96. The first-order valence-corrected chi connectivity index (χ1v) is 6.91. The van der Waals surface area contributed by atoms with Crippen LogP contribution in [0.5, 0.6) is 11.6 Å². The van der Waals surface area contributed by atoms with Crippen LogP contribution in [-0.4, -0.2) is 9.97 Å². The van der Waals surface area contributed by atoms with Crippen molar-refractivity contribution in [3.8, 4) is 17.7 Å². The van der Waals surface area contributed by atoms with Crippen molar-refractivity contribution in [3.05, 3.63) is 46.4 Å². The molecule has 0 unspecified atom stereocenters. The van der Waals surface area contributed by atoms with Gasteiger partial charge in [-0.25, -0.2) is 4.98 Å². The normalized spacial score (nSPS) is 11.0. The number of hydrogen-bond donors (Lipinski definition) is 0. The van der Waals surface area contributed by atoms with E-state index in [9.17, 15) is 0 Å². The summed E-state index contributed by atoms with van der Waals surface area (Å²) in [6.07, 6.45) is 0. The number of nitriles is 1. The molecule has 0 spiro atoms. The summed E-state index contributed by atoms with van der Waals surface area (Å²) in [5.41, 5.74) is 1.22. The van der Waals surface area contributed by atoms with E-state index in [-0.39, 0.29) is 5.41 Å². The molecule has 5 heteroatoms. The van der Waals surface area contributed by atoms with Crippen molar-refractivity contribution in [3.63, 3.8) is 0 Å². The molecular formula is C16H16ClN3O. The lowest BCUT2D eigenvalue weighted by Crippen LogP contribution is -2.16. The molecule has 0 aliphatic heterocycles. The maximum atomic E-state index is 8.96. The predicted molar refractivity (Wildman–Crippen MR) is 81.7 cm³/mol. The topological polar surface area (TPSA) is 58.8 Å². The summed E-state index contributed by atoms with van der Waals surface area (Å²) in [4.78, 5) is 8.62. The van der Waals surface area contributed by atoms with Gasteiger partial charge >= 0.3 is 0 Å². The second-order valence-electron chi connectivity index (χ2n) is 5.80. The van der Waals surface area contributed by atoms with Gasteiger partial charge in [-0.2, -0.15) is 10.2 Å². The van der Waals surface area contributed by atoms with Gasteiger partial charge in [0.15, 0.2) is 0 Å². The van der Waals surface area contributed by atoms with Gasteiger partial charge in [0, 0.05) is 11.5 Å². The minimum absolute atomic E-state index is 0.230. The van der Waals surface area contributed by atoms with Crippen LogP contribution in [0.25, 0.3) is 0 Å². The summed E-state index contributed by atoms with van der Waals surface area (Å²) in [5.74, 6) is 1.57. The Labute approximate surface area is 129 Å². The van der Waals surface area contributed by atoms with E-state index in [2.05, 4.69) is 16.0 Å². The molecule has 0 bridgehead atoms. The van der Waals surface area contributed by atoms with Crippen molar-refractivity contribution in [2.45, 2.75) is 33.1 Å². The Bertz CT molecular complexity index is 714. The highest BCUT2D eigenvalue weighted by atomic mass is 35.5. The fourth-order valence-electron chi connectivity index (χ4n) is 1.68. The minimum Gasteiger partial charge on any atom is -0.439 e. The van der Waals surface area contributed by atoms with Crippen molar-refractivity contribution in [2.75, 3.05) is 0 Å². The Kier molecular flexibility index (Phi) is 4.15. The molecule has 1 heterocycles. The standard InChI is InChI=1S/C16H16ClN3O/c1-10-5-6-11(9-18)7-12(10)21-14-8-13(17)19-15(20-14)16(2,3)4/h5-8H,1-4H3. The maximum Gasteiger partial charge on any atom is 0.224 e. The molecule has 0 aliphatic carbocycles. The Balaban J connectivity index is 2.41. The Hall–Kier alpha value is -2.12. The molecule has 0 atom stereocenters. The van der Waals surface area contributed by atoms with Gasteiger partial charge < -0.3 is 4.74 Å². The Morgan fingerprint density at radius 3 is 2.52 bits per heavy atom. The second-order valence-corrected chi connectivity index (χ2v) is 6.18. The largest absolute Gasteiger partial charge is 0.439 e. The highest BCUT2D eigenvalue weighted by Gasteiger charge is 2.19. The zero-order valence-electron chi connectivity index (χ0n) is 12.4. The summed E-state index contributed by atoms with van der Waals surface area (Å²) < 4.78 is 5.78. The van der Waals surface area contributed by atoms with Crippen LogP contribution in [-0.2, 0) is 5.41 Å². The third kappa shape index (κ3) is 3.71. The smallest absolute Gasteiger partial charge is 0.224 e. The first-order valence-electron chi connectivity index (χ1n) is 6.53. The van der Waals surface area contributed by atoms with E-state index in [1.54, 1.807) is 18.2 Å². The lowest BCUT2D eigenvalue weighted by atomic mass is 9.96. The zero-order chi connectivity index (χ0) is 15.6. The number of hydrogen-bond acceptors (Lipinski definition) is 4. The molecule has 2 aromatic rings. The summed E-state index contributed by atoms with van der Waals surface area (Å²) in [6, 6.07) is 8.92. The SMILES string of the molecule is Cc1ccc(C#N)cc1Oc1cc(Cl)nc(C(C)(C)C)n1. The van der Waals surface area contributed by atoms with Crippen molar-refractivity contribution in [1.82, 2.24) is 9.97 Å². The third-order valence-corrected chi connectivity index (χ3v) is 3.07. The van der Waals surface area contributed by atoms with Crippen molar-refractivity contribution in [2.24, 2.45) is 0 Å². The van der Waals surface area contributed by atoms with Crippen molar-refractivity contribution in [1.29, 1.82) is 5.26 Å². The van der Waals surface area contributed by atoms with E-state index >= 15 is 0 Å². The highest BCUT2D eigenvalue weighted by Crippen LogP contribution is 2.28. The average Bonchev–Trinajstić information content (AvgIpc) is 2.39. The molecule has 21 heavy (non-hydrogen) atoms. The van der Waals surface area contributed by atoms with Crippen LogP contribution in [0.1, 0.15) is 37.7 Å². The van der Waals surface area contributed by atoms with Crippen LogP contribution in [0, 0.1) is 18.3 Å². The van der Waals surface area contributed by atoms with E-state index in [1.807, 2.05) is 33.8 Å². The molecule has 0 N–H and O–H groups in total. The molecular weight excluding hydrogens is 286 g/mol. The number of halogens is 1. The number of benzene rings is 1. The van der Waals surface area contributed by atoms with Crippen LogP contribution in [0.15, 0.2) is 24.3 Å². The molecule has 0 saturated carbocycles. The van der Waals surface area contributed by atoms with E-state index in [1.165, 1.54) is 0 Å². The van der Waals surface area contributed by atoms with Crippen molar-refractivity contribution >= 4 is 11.6 Å². The lowest BCUT2D eigenvalue weighted by molar-refractivity contribution is 0.443. The van der Waals surface area contributed by atoms with E-state index in [4.69, 9.17) is 21.6 Å². The van der Waals surface area contributed by atoms with Crippen LogP contribution in [0.3, 0.4) is 0 Å². The number of aryl methyl sites for hydroxylation is 1.